The van der Waals surface area contributed by atoms with Crippen molar-refractivity contribution in [2.75, 3.05) is 31.1 Å². The van der Waals surface area contributed by atoms with Crippen LogP contribution in [0.15, 0.2) is 12.1 Å². The molecule has 0 aromatic heterocycles. The topological polar surface area (TPSA) is 17.3 Å². The minimum absolute atomic E-state index is 0.978. The Morgan fingerprint density at radius 2 is 1.53 bits per heavy atom. The molecule has 2 rings (SSSR count). The van der Waals surface area contributed by atoms with Crippen molar-refractivity contribution in [3.05, 3.63) is 28.8 Å². The lowest BCUT2D eigenvalue weighted by atomic mass is 10.0. The molecule has 0 aliphatic carbocycles. The number of aryl methyl sites for hydroxylation is 2. The highest BCUT2D eigenvalue weighted by Crippen LogP contribution is 2.22. The molecule has 0 N–H and O–H groups in total. The molecule has 0 unspecified atom stereocenters. The molecule has 1 aromatic carbocycles. The second-order valence-corrected chi connectivity index (χ2v) is 4.36. The van der Waals surface area contributed by atoms with Gasteiger partial charge >= 0.3 is 0 Å². The van der Waals surface area contributed by atoms with Crippen molar-refractivity contribution in [3.63, 3.8) is 0 Å². The van der Waals surface area contributed by atoms with Gasteiger partial charge in [0.25, 0.3) is 0 Å². The Morgan fingerprint density at radius 1 is 1.00 bits per heavy atom. The lowest BCUT2D eigenvalue weighted by Gasteiger charge is -2.29. The van der Waals surface area contributed by atoms with Crippen LogP contribution in [-0.4, -0.2) is 26.2 Å². The van der Waals surface area contributed by atoms with E-state index in [1.54, 1.807) is 0 Å². The molecule has 81 valence electrons. The predicted molar refractivity (Wildman–Crippen MR) is 64.7 cm³/mol. The molecule has 0 amide bonds. The van der Waals surface area contributed by atoms with E-state index in [0.29, 0.717) is 0 Å². The van der Waals surface area contributed by atoms with E-state index >= 15 is 0 Å². The van der Waals surface area contributed by atoms with Gasteiger partial charge in [0.05, 0.1) is 0 Å². The zero-order valence-corrected chi connectivity index (χ0v) is 9.88. The number of benzene rings is 1. The molecule has 1 aliphatic heterocycles. The van der Waals surface area contributed by atoms with E-state index in [1.165, 1.54) is 22.4 Å². The van der Waals surface area contributed by atoms with E-state index in [4.69, 9.17) is 0 Å². The summed E-state index contributed by atoms with van der Waals surface area (Å²) in [6.07, 6.45) is 0. The van der Waals surface area contributed by atoms with Crippen LogP contribution < -0.4 is 10.2 Å². The van der Waals surface area contributed by atoms with Crippen LogP contribution in [0.1, 0.15) is 16.7 Å². The second kappa shape index (κ2) is 4.23. The molecule has 2 heteroatoms. The molecule has 1 aliphatic rings. The monoisotopic (exact) mass is 203 g/mol. The van der Waals surface area contributed by atoms with Crippen LogP contribution in [0.4, 0.5) is 5.69 Å². The van der Waals surface area contributed by atoms with E-state index in [-0.39, 0.29) is 0 Å². The lowest BCUT2D eigenvalue weighted by Crippen LogP contribution is -2.40. The van der Waals surface area contributed by atoms with Gasteiger partial charge in [0.2, 0.25) is 0 Å². The third-order valence-corrected chi connectivity index (χ3v) is 3.33. The first-order valence-corrected chi connectivity index (χ1v) is 5.64. The molecule has 1 fully saturated rings. The van der Waals surface area contributed by atoms with Crippen LogP contribution in [0.25, 0.3) is 0 Å². The average Bonchev–Trinajstić information content (AvgIpc) is 2.26. The molecule has 0 bridgehead atoms. The van der Waals surface area contributed by atoms with Crippen molar-refractivity contribution in [2.24, 2.45) is 0 Å². The van der Waals surface area contributed by atoms with Gasteiger partial charge in [-0.05, 0) is 49.6 Å². The number of nitrogens with zero attached hydrogens (tertiary/aromatic N) is 2. The van der Waals surface area contributed by atoms with Gasteiger partial charge in [0.1, 0.15) is 0 Å². The van der Waals surface area contributed by atoms with Gasteiger partial charge in [-0.25, -0.2) is 5.32 Å². The van der Waals surface area contributed by atoms with Crippen molar-refractivity contribution in [2.45, 2.75) is 20.8 Å². The van der Waals surface area contributed by atoms with Gasteiger partial charge in [-0.15, -0.1) is 0 Å². The Bertz CT molecular complexity index is 329. The molecule has 1 radical (unpaired) electrons. The third kappa shape index (κ3) is 2.15. The summed E-state index contributed by atoms with van der Waals surface area (Å²) in [4.78, 5) is 2.44. The van der Waals surface area contributed by atoms with Crippen molar-refractivity contribution in [3.8, 4) is 0 Å². The van der Waals surface area contributed by atoms with Crippen LogP contribution in [0.5, 0.6) is 0 Å². The fraction of sp³-hybridized carbons (Fsp3) is 0.538. The molecule has 0 saturated carbocycles. The Labute approximate surface area is 92.3 Å². The quantitative estimate of drug-likeness (QED) is 0.682. The maximum Gasteiger partial charge on any atom is 0.0372 e. The maximum absolute atomic E-state index is 4.37. The summed E-state index contributed by atoms with van der Waals surface area (Å²) in [7, 11) is 0. The Kier molecular flexibility index (Phi) is 2.96. The van der Waals surface area contributed by atoms with E-state index < -0.39 is 0 Å². The molecular weight excluding hydrogens is 184 g/mol. The number of hydrogen-bond acceptors (Lipinski definition) is 1. The third-order valence-electron chi connectivity index (χ3n) is 3.33. The van der Waals surface area contributed by atoms with Crippen LogP contribution >= 0.6 is 0 Å². The summed E-state index contributed by atoms with van der Waals surface area (Å²) < 4.78 is 0. The minimum Gasteiger partial charge on any atom is -0.369 e. The summed E-state index contributed by atoms with van der Waals surface area (Å²) in [6, 6.07) is 4.60. The SMILES string of the molecule is Cc1cc(N2CC[N]CC2)cc(C)c1C. The predicted octanol–water partition coefficient (Wildman–Crippen LogP) is 2.04. The van der Waals surface area contributed by atoms with Crippen LogP contribution in [0.3, 0.4) is 0 Å². The Morgan fingerprint density at radius 3 is 2.07 bits per heavy atom. The smallest absolute Gasteiger partial charge is 0.0372 e. The van der Waals surface area contributed by atoms with Crippen molar-refractivity contribution in [1.29, 1.82) is 0 Å². The number of hydrogen-bond donors (Lipinski definition) is 0. The molecule has 0 spiro atoms. The summed E-state index contributed by atoms with van der Waals surface area (Å²) in [5, 5.41) is 4.37. The van der Waals surface area contributed by atoms with Gasteiger partial charge in [-0.1, -0.05) is 0 Å². The van der Waals surface area contributed by atoms with E-state index in [2.05, 4.69) is 43.1 Å². The number of rotatable bonds is 1. The normalized spacial score (nSPS) is 16.9. The summed E-state index contributed by atoms with van der Waals surface area (Å²) in [5.74, 6) is 0. The fourth-order valence-electron chi connectivity index (χ4n) is 2.06. The first-order chi connectivity index (χ1) is 7.18. The van der Waals surface area contributed by atoms with E-state index in [1.807, 2.05) is 0 Å². The molecular formula is C13H19N2. The summed E-state index contributed by atoms with van der Waals surface area (Å²) in [5.41, 5.74) is 5.57. The van der Waals surface area contributed by atoms with E-state index in [9.17, 15) is 0 Å². The number of anilines is 1. The van der Waals surface area contributed by atoms with Crippen LogP contribution in [0.2, 0.25) is 0 Å². The molecule has 2 nitrogen and oxygen atoms in total. The highest BCUT2D eigenvalue weighted by Gasteiger charge is 2.12. The molecule has 1 saturated heterocycles. The van der Waals surface area contributed by atoms with Crippen LogP contribution in [0, 0.1) is 20.8 Å². The average molecular weight is 203 g/mol. The van der Waals surface area contributed by atoms with Gasteiger partial charge in [-0.3, -0.25) is 0 Å². The van der Waals surface area contributed by atoms with Gasteiger partial charge in [0.15, 0.2) is 0 Å². The molecule has 0 atom stereocenters. The van der Waals surface area contributed by atoms with Gasteiger partial charge in [0, 0.05) is 31.9 Å². The first-order valence-electron chi connectivity index (χ1n) is 5.64. The lowest BCUT2D eigenvalue weighted by molar-refractivity contribution is 0.579. The minimum atomic E-state index is 0.978. The number of piperazine rings is 1. The Hall–Kier alpha value is -1.02. The summed E-state index contributed by atoms with van der Waals surface area (Å²) >= 11 is 0. The highest BCUT2D eigenvalue weighted by atomic mass is 15.2. The zero-order valence-electron chi connectivity index (χ0n) is 9.88. The molecule has 1 heterocycles. The first kappa shape index (κ1) is 10.5. The highest BCUT2D eigenvalue weighted by molar-refractivity contribution is 5.54. The van der Waals surface area contributed by atoms with Crippen molar-refractivity contribution < 1.29 is 0 Å². The van der Waals surface area contributed by atoms with Crippen LogP contribution in [-0.2, 0) is 0 Å². The summed E-state index contributed by atoms with van der Waals surface area (Å²) in [6.45, 7) is 10.7. The van der Waals surface area contributed by atoms with Gasteiger partial charge < -0.3 is 4.90 Å². The molecule has 1 aromatic rings. The van der Waals surface area contributed by atoms with E-state index in [0.717, 1.165) is 26.2 Å². The largest absolute Gasteiger partial charge is 0.369 e. The maximum atomic E-state index is 4.37. The van der Waals surface area contributed by atoms with Gasteiger partial charge in [-0.2, -0.15) is 0 Å². The second-order valence-electron chi connectivity index (χ2n) is 4.36. The van der Waals surface area contributed by atoms with Crippen molar-refractivity contribution in [1.82, 2.24) is 5.32 Å². The Balaban J connectivity index is 2.27. The van der Waals surface area contributed by atoms with Crippen molar-refractivity contribution >= 4 is 5.69 Å². The fourth-order valence-corrected chi connectivity index (χ4v) is 2.06. The standard InChI is InChI=1S/C13H19N2/c1-10-8-13(9-11(2)12(10)3)15-6-4-14-5-7-15/h8-9H,4-7H2,1-3H3. The molecule has 15 heavy (non-hydrogen) atoms. The zero-order chi connectivity index (χ0) is 10.8.